The zero-order valence-corrected chi connectivity index (χ0v) is 13.1. The molecule has 0 atom stereocenters. The van der Waals surface area contributed by atoms with Gasteiger partial charge in [-0.15, -0.1) is 0 Å². The average Bonchev–Trinajstić information content (AvgIpc) is 2.89. The number of nitrogens with one attached hydrogen (secondary N) is 2. The molecule has 0 saturated heterocycles. The predicted octanol–water partition coefficient (Wildman–Crippen LogP) is 0.519. The Hall–Kier alpha value is -1.45. The molecule has 0 aliphatic heterocycles. The molecule has 2 N–H and O–H groups in total. The van der Waals surface area contributed by atoms with Crippen LogP contribution in [0.15, 0.2) is 15.2 Å². The molecule has 0 saturated carbocycles. The molecule has 2 rings (SSSR count). The van der Waals surface area contributed by atoms with Crippen molar-refractivity contribution in [2.45, 2.75) is 31.0 Å². The van der Waals surface area contributed by atoms with E-state index < -0.39 is 10.0 Å². The van der Waals surface area contributed by atoms with Gasteiger partial charge in [0.05, 0.1) is 5.69 Å². The molecule has 0 bridgehead atoms. The lowest BCUT2D eigenvalue weighted by molar-refractivity contribution is 0.582. The summed E-state index contributed by atoms with van der Waals surface area (Å²) in [6.45, 7) is 3.68. The van der Waals surface area contributed by atoms with Crippen LogP contribution in [0.4, 0.5) is 0 Å². The van der Waals surface area contributed by atoms with E-state index in [0.29, 0.717) is 17.0 Å². The van der Waals surface area contributed by atoms with Gasteiger partial charge in [0.15, 0.2) is 4.21 Å². The smallest absolute Gasteiger partial charge is 0.305 e. The minimum absolute atomic E-state index is 0.0319. The summed E-state index contributed by atoms with van der Waals surface area (Å²) in [5, 5.41) is 4.25. The van der Waals surface area contributed by atoms with Gasteiger partial charge < -0.3 is 4.98 Å². The quantitative estimate of drug-likeness (QED) is 0.840. The molecule has 20 heavy (non-hydrogen) atoms. The maximum Gasteiger partial charge on any atom is 0.305 e. The minimum Gasteiger partial charge on any atom is -0.315 e. The van der Waals surface area contributed by atoms with Crippen LogP contribution in [0.2, 0.25) is 0 Å². The van der Waals surface area contributed by atoms with Crippen molar-refractivity contribution < 1.29 is 8.42 Å². The molecule has 2 heterocycles. The Labute approximate surface area is 120 Å². The van der Waals surface area contributed by atoms with Crippen molar-refractivity contribution in [3.8, 4) is 0 Å². The van der Waals surface area contributed by atoms with Crippen LogP contribution < -0.4 is 9.60 Å². The highest BCUT2D eigenvalue weighted by Gasteiger charge is 2.21. The summed E-state index contributed by atoms with van der Waals surface area (Å²) in [5.74, 6) is 0. The molecule has 0 amide bonds. The predicted molar refractivity (Wildman–Crippen MR) is 76.3 cm³/mol. The fraction of sp³-hybridized carbons (Fsp3) is 0.455. The Balaban J connectivity index is 2.21. The number of aromatic amines is 1. The normalized spacial score (nSPS) is 11.9. The zero-order valence-electron chi connectivity index (χ0n) is 11.4. The SMILES string of the molecule is CCc1nn(C)cc1CNS(=O)(=O)c1sc(=O)[nH]c1C. The number of nitrogens with zero attached hydrogens (tertiary/aromatic N) is 2. The van der Waals surface area contributed by atoms with Gasteiger partial charge in [0.1, 0.15) is 0 Å². The van der Waals surface area contributed by atoms with Crippen LogP contribution in [-0.4, -0.2) is 23.2 Å². The van der Waals surface area contributed by atoms with E-state index in [4.69, 9.17) is 0 Å². The van der Waals surface area contributed by atoms with Crippen LogP contribution in [0.25, 0.3) is 0 Å². The minimum atomic E-state index is -3.68. The summed E-state index contributed by atoms with van der Waals surface area (Å²) >= 11 is 0.689. The second-order valence-electron chi connectivity index (χ2n) is 4.38. The van der Waals surface area contributed by atoms with Crippen molar-refractivity contribution in [2.24, 2.45) is 7.05 Å². The van der Waals surface area contributed by atoms with E-state index in [2.05, 4.69) is 14.8 Å². The third kappa shape index (κ3) is 3.00. The highest BCUT2D eigenvalue weighted by atomic mass is 32.2. The lowest BCUT2D eigenvalue weighted by atomic mass is 10.2. The maximum absolute atomic E-state index is 12.2. The van der Waals surface area contributed by atoms with Gasteiger partial charge in [-0.1, -0.05) is 18.3 Å². The number of hydrogen-bond acceptors (Lipinski definition) is 5. The first-order chi connectivity index (χ1) is 9.33. The van der Waals surface area contributed by atoms with Gasteiger partial charge in [0.2, 0.25) is 0 Å². The Kier molecular flexibility index (Phi) is 4.11. The van der Waals surface area contributed by atoms with Crippen molar-refractivity contribution >= 4 is 21.4 Å². The molecule has 2 aromatic rings. The summed E-state index contributed by atoms with van der Waals surface area (Å²) in [7, 11) is -1.89. The Morgan fingerprint density at radius 3 is 2.75 bits per heavy atom. The largest absolute Gasteiger partial charge is 0.315 e. The topological polar surface area (TPSA) is 96.8 Å². The number of hydrogen-bond donors (Lipinski definition) is 2. The first kappa shape index (κ1) is 14.9. The summed E-state index contributed by atoms with van der Waals surface area (Å²) in [4.78, 5) is 13.3. The number of H-pyrrole nitrogens is 1. The summed E-state index contributed by atoms with van der Waals surface area (Å²) in [6.07, 6.45) is 2.52. The van der Waals surface area contributed by atoms with Crippen LogP contribution in [0.1, 0.15) is 23.9 Å². The van der Waals surface area contributed by atoms with Crippen molar-refractivity contribution in [1.82, 2.24) is 19.5 Å². The number of thiazole rings is 1. The first-order valence-corrected chi connectivity index (χ1v) is 8.34. The molecular formula is C11H16N4O3S2. The maximum atomic E-state index is 12.2. The van der Waals surface area contributed by atoms with Gasteiger partial charge in [0.25, 0.3) is 10.0 Å². The van der Waals surface area contributed by atoms with Gasteiger partial charge in [-0.2, -0.15) is 5.10 Å². The van der Waals surface area contributed by atoms with Gasteiger partial charge in [-0.3, -0.25) is 9.48 Å². The molecular weight excluding hydrogens is 300 g/mol. The van der Waals surface area contributed by atoms with E-state index in [0.717, 1.165) is 17.7 Å². The third-order valence-corrected chi connectivity index (χ3v) is 5.81. The fourth-order valence-corrected chi connectivity index (χ4v) is 4.26. The van der Waals surface area contributed by atoms with E-state index in [1.807, 2.05) is 6.92 Å². The van der Waals surface area contributed by atoms with Crippen LogP contribution in [0.5, 0.6) is 0 Å². The van der Waals surface area contributed by atoms with Gasteiger partial charge in [0, 0.05) is 31.0 Å². The van der Waals surface area contributed by atoms with E-state index in [1.54, 1.807) is 24.9 Å². The van der Waals surface area contributed by atoms with Crippen LogP contribution >= 0.6 is 11.3 Å². The summed E-state index contributed by atoms with van der Waals surface area (Å²) in [6, 6.07) is 0. The average molecular weight is 316 g/mol. The molecule has 0 radical (unpaired) electrons. The molecule has 110 valence electrons. The Morgan fingerprint density at radius 2 is 2.20 bits per heavy atom. The molecule has 0 fully saturated rings. The molecule has 0 spiro atoms. The van der Waals surface area contributed by atoms with Crippen molar-refractivity contribution in [3.63, 3.8) is 0 Å². The highest BCUT2D eigenvalue weighted by molar-refractivity contribution is 7.91. The standard InChI is InChI=1S/C11H16N4O3S2/c1-4-9-8(6-15(3)14-9)5-12-20(17,18)10-7(2)13-11(16)19-10/h6,12H,4-5H2,1-3H3,(H,13,16). The highest BCUT2D eigenvalue weighted by Crippen LogP contribution is 2.16. The molecule has 2 aromatic heterocycles. The molecule has 0 aromatic carbocycles. The monoisotopic (exact) mass is 316 g/mol. The molecule has 9 heteroatoms. The number of rotatable bonds is 5. The van der Waals surface area contributed by atoms with E-state index in [9.17, 15) is 13.2 Å². The second kappa shape index (κ2) is 5.51. The molecule has 0 aliphatic rings. The molecule has 0 aliphatic carbocycles. The van der Waals surface area contributed by atoms with E-state index in [1.165, 1.54) is 0 Å². The molecule has 0 unspecified atom stereocenters. The van der Waals surface area contributed by atoms with Crippen LogP contribution in [-0.2, 0) is 30.0 Å². The van der Waals surface area contributed by atoms with Crippen LogP contribution in [0.3, 0.4) is 0 Å². The number of sulfonamides is 1. The first-order valence-electron chi connectivity index (χ1n) is 6.04. The van der Waals surface area contributed by atoms with Crippen molar-refractivity contribution in [2.75, 3.05) is 0 Å². The zero-order chi connectivity index (χ0) is 14.9. The van der Waals surface area contributed by atoms with E-state index in [-0.39, 0.29) is 15.6 Å². The summed E-state index contributed by atoms with van der Waals surface area (Å²) in [5.41, 5.74) is 2.04. The van der Waals surface area contributed by atoms with Crippen LogP contribution in [0, 0.1) is 6.92 Å². The summed E-state index contributed by atoms with van der Waals surface area (Å²) < 4.78 is 28.5. The van der Waals surface area contributed by atoms with E-state index >= 15 is 0 Å². The number of aromatic nitrogens is 3. The second-order valence-corrected chi connectivity index (χ2v) is 7.33. The lowest BCUT2D eigenvalue weighted by Crippen LogP contribution is -2.23. The Morgan fingerprint density at radius 1 is 1.50 bits per heavy atom. The fourth-order valence-electron chi connectivity index (χ4n) is 1.91. The lowest BCUT2D eigenvalue weighted by Gasteiger charge is -2.05. The number of aryl methyl sites for hydroxylation is 3. The van der Waals surface area contributed by atoms with Crippen molar-refractivity contribution in [3.05, 3.63) is 32.8 Å². The van der Waals surface area contributed by atoms with Gasteiger partial charge in [-0.05, 0) is 13.3 Å². The Bertz CT molecular complexity index is 770. The van der Waals surface area contributed by atoms with Crippen molar-refractivity contribution in [1.29, 1.82) is 0 Å². The molecule has 7 nitrogen and oxygen atoms in total. The van der Waals surface area contributed by atoms with Gasteiger partial charge in [-0.25, -0.2) is 13.1 Å². The third-order valence-electron chi connectivity index (χ3n) is 2.80. The van der Waals surface area contributed by atoms with Gasteiger partial charge >= 0.3 is 4.87 Å².